The standard InChI is InChI=1S/C22H21O5P/c1-25-18-14-13-17(21(26-2)22(18)27-3)20(23)16-11-7-8-12-19(16)28(24)15-9-5-4-6-10-15/h4-14,28H,1-3H3. The molecule has 144 valence electrons. The zero-order chi connectivity index (χ0) is 20.1. The first kappa shape index (κ1) is 19.7. The Balaban J connectivity index is 2.11. The lowest BCUT2D eigenvalue weighted by Gasteiger charge is -2.16. The Kier molecular flexibility index (Phi) is 6.17. The zero-order valence-electron chi connectivity index (χ0n) is 15.9. The molecule has 0 amide bonds. The van der Waals surface area contributed by atoms with Gasteiger partial charge in [0.05, 0.1) is 26.9 Å². The zero-order valence-corrected chi connectivity index (χ0v) is 16.9. The summed E-state index contributed by atoms with van der Waals surface area (Å²) in [6, 6.07) is 19.4. The summed E-state index contributed by atoms with van der Waals surface area (Å²) in [4.78, 5) is 13.4. The third-order valence-electron chi connectivity index (χ3n) is 4.40. The molecule has 0 saturated heterocycles. The lowest BCUT2D eigenvalue weighted by Crippen LogP contribution is -2.17. The third kappa shape index (κ3) is 3.67. The highest BCUT2D eigenvalue weighted by Crippen LogP contribution is 2.40. The SMILES string of the molecule is COc1ccc(C(=O)c2ccccc2[PH](=O)c2ccccc2)c(OC)c1OC. The quantitative estimate of drug-likeness (QED) is 0.452. The van der Waals surface area contributed by atoms with Crippen LogP contribution < -0.4 is 24.8 Å². The van der Waals surface area contributed by atoms with Gasteiger partial charge in [0.25, 0.3) is 0 Å². The van der Waals surface area contributed by atoms with Gasteiger partial charge in [0.1, 0.15) is 7.80 Å². The van der Waals surface area contributed by atoms with Crippen LogP contribution in [0.15, 0.2) is 66.7 Å². The van der Waals surface area contributed by atoms with E-state index in [9.17, 15) is 9.36 Å². The van der Waals surface area contributed by atoms with Gasteiger partial charge in [-0.15, -0.1) is 0 Å². The molecule has 0 spiro atoms. The maximum absolute atomic E-state index is 13.4. The smallest absolute Gasteiger partial charge is 0.204 e. The number of carbonyl (C=O) groups excluding carboxylic acids is 1. The van der Waals surface area contributed by atoms with E-state index >= 15 is 0 Å². The Morgan fingerprint density at radius 2 is 1.36 bits per heavy atom. The molecular formula is C22H21O5P. The van der Waals surface area contributed by atoms with Crippen LogP contribution in [0.4, 0.5) is 0 Å². The maximum atomic E-state index is 13.4. The Morgan fingerprint density at radius 1 is 0.714 bits per heavy atom. The Hall–Kier alpha value is -3.04. The predicted molar refractivity (Wildman–Crippen MR) is 111 cm³/mol. The average Bonchev–Trinajstić information content (AvgIpc) is 2.77. The molecule has 0 N–H and O–H groups in total. The summed E-state index contributed by atoms with van der Waals surface area (Å²) >= 11 is 0. The highest BCUT2D eigenvalue weighted by atomic mass is 31.1. The Morgan fingerprint density at radius 3 is 2.00 bits per heavy atom. The van der Waals surface area contributed by atoms with Gasteiger partial charge in [-0.05, 0) is 12.1 Å². The number of methoxy groups -OCH3 is 3. The minimum atomic E-state index is -2.34. The van der Waals surface area contributed by atoms with Crippen molar-refractivity contribution in [3.8, 4) is 17.2 Å². The molecule has 6 heteroatoms. The number of rotatable bonds is 7. The molecule has 28 heavy (non-hydrogen) atoms. The molecule has 3 aromatic rings. The van der Waals surface area contributed by atoms with Gasteiger partial charge in [0.15, 0.2) is 17.3 Å². The van der Waals surface area contributed by atoms with Gasteiger partial charge in [0, 0.05) is 16.2 Å². The molecule has 0 radical (unpaired) electrons. The monoisotopic (exact) mass is 396 g/mol. The minimum Gasteiger partial charge on any atom is -0.493 e. The lowest BCUT2D eigenvalue weighted by atomic mass is 10.0. The third-order valence-corrected chi connectivity index (χ3v) is 6.18. The summed E-state index contributed by atoms with van der Waals surface area (Å²) in [5.41, 5.74) is 0.691. The van der Waals surface area contributed by atoms with Crippen LogP contribution in [-0.2, 0) is 4.57 Å². The van der Waals surface area contributed by atoms with Gasteiger partial charge >= 0.3 is 0 Å². The molecule has 0 bridgehead atoms. The van der Waals surface area contributed by atoms with Gasteiger partial charge < -0.3 is 18.8 Å². The first-order valence-corrected chi connectivity index (χ1v) is 10.1. The first-order chi connectivity index (χ1) is 13.6. The van der Waals surface area contributed by atoms with E-state index < -0.39 is 7.80 Å². The molecular weight excluding hydrogens is 375 g/mol. The van der Waals surface area contributed by atoms with E-state index in [0.717, 1.165) is 0 Å². The second-order valence-electron chi connectivity index (χ2n) is 5.95. The van der Waals surface area contributed by atoms with E-state index in [4.69, 9.17) is 14.2 Å². The van der Waals surface area contributed by atoms with E-state index in [1.54, 1.807) is 48.5 Å². The van der Waals surface area contributed by atoms with Crippen molar-refractivity contribution >= 4 is 24.2 Å². The Bertz CT molecular complexity index is 1010. The largest absolute Gasteiger partial charge is 0.493 e. The van der Waals surface area contributed by atoms with E-state index in [1.807, 2.05) is 18.2 Å². The van der Waals surface area contributed by atoms with E-state index in [1.165, 1.54) is 21.3 Å². The van der Waals surface area contributed by atoms with Crippen molar-refractivity contribution in [2.45, 2.75) is 0 Å². The van der Waals surface area contributed by atoms with Gasteiger partial charge in [-0.3, -0.25) is 4.79 Å². The van der Waals surface area contributed by atoms with E-state index in [-0.39, 0.29) is 11.5 Å². The van der Waals surface area contributed by atoms with Crippen LogP contribution in [0.25, 0.3) is 0 Å². The van der Waals surface area contributed by atoms with E-state index in [0.29, 0.717) is 33.2 Å². The molecule has 0 aliphatic rings. The number of ketones is 1. The molecule has 0 heterocycles. The molecule has 3 aromatic carbocycles. The summed E-state index contributed by atoms with van der Waals surface area (Å²) in [6.45, 7) is 0. The highest BCUT2D eigenvalue weighted by Gasteiger charge is 2.24. The van der Waals surface area contributed by atoms with Crippen molar-refractivity contribution in [1.29, 1.82) is 0 Å². The molecule has 0 aliphatic carbocycles. The second kappa shape index (κ2) is 8.77. The van der Waals surface area contributed by atoms with Crippen LogP contribution in [0.5, 0.6) is 17.2 Å². The van der Waals surface area contributed by atoms with Crippen LogP contribution in [0.1, 0.15) is 15.9 Å². The lowest BCUT2D eigenvalue weighted by molar-refractivity contribution is 0.103. The second-order valence-corrected chi connectivity index (χ2v) is 7.73. The Labute approximate surface area is 164 Å². The van der Waals surface area contributed by atoms with Gasteiger partial charge in [-0.25, -0.2) is 0 Å². The summed E-state index contributed by atoms with van der Waals surface area (Å²) < 4.78 is 29.2. The van der Waals surface area contributed by atoms with Crippen LogP contribution in [-0.4, -0.2) is 27.1 Å². The molecule has 0 aromatic heterocycles. The predicted octanol–water partition coefficient (Wildman–Crippen LogP) is 3.45. The average molecular weight is 396 g/mol. The minimum absolute atomic E-state index is 0.279. The fraction of sp³-hybridized carbons (Fsp3) is 0.136. The number of carbonyl (C=O) groups is 1. The molecule has 5 nitrogen and oxygen atoms in total. The normalized spacial score (nSPS) is 11.5. The molecule has 0 aliphatic heterocycles. The summed E-state index contributed by atoms with van der Waals surface area (Å²) in [7, 11) is 2.12. The molecule has 0 fully saturated rings. The number of benzene rings is 3. The number of hydrogen-bond donors (Lipinski definition) is 0. The first-order valence-electron chi connectivity index (χ1n) is 8.64. The number of ether oxygens (including phenoxy) is 3. The van der Waals surface area contributed by atoms with Crippen molar-refractivity contribution < 1.29 is 23.6 Å². The molecule has 3 rings (SSSR count). The van der Waals surface area contributed by atoms with Crippen LogP contribution in [0.2, 0.25) is 0 Å². The summed E-state index contributed by atoms with van der Waals surface area (Å²) in [5.74, 6) is 0.787. The van der Waals surface area contributed by atoms with Crippen molar-refractivity contribution in [1.82, 2.24) is 0 Å². The van der Waals surface area contributed by atoms with Crippen LogP contribution in [0, 0.1) is 0 Å². The van der Waals surface area contributed by atoms with Crippen molar-refractivity contribution in [3.05, 3.63) is 77.9 Å². The highest BCUT2D eigenvalue weighted by molar-refractivity contribution is 7.61. The van der Waals surface area contributed by atoms with Crippen molar-refractivity contribution in [2.75, 3.05) is 21.3 Å². The topological polar surface area (TPSA) is 61.8 Å². The van der Waals surface area contributed by atoms with Crippen LogP contribution in [0.3, 0.4) is 0 Å². The number of hydrogen-bond acceptors (Lipinski definition) is 5. The molecule has 1 unspecified atom stereocenters. The fourth-order valence-electron chi connectivity index (χ4n) is 3.05. The summed E-state index contributed by atoms with van der Waals surface area (Å²) in [6.07, 6.45) is 0. The van der Waals surface area contributed by atoms with E-state index in [2.05, 4.69) is 0 Å². The van der Waals surface area contributed by atoms with Gasteiger partial charge in [0.2, 0.25) is 5.75 Å². The summed E-state index contributed by atoms with van der Waals surface area (Å²) in [5, 5.41) is 1.22. The fourth-order valence-corrected chi connectivity index (χ4v) is 4.54. The molecule has 0 saturated carbocycles. The van der Waals surface area contributed by atoms with Crippen molar-refractivity contribution in [3.63, 3.8) is 0 Å². The van der Waals surface area contributed by atoms with Crippen molar-refractivity contribution in [2.24, 2.45) is 0 Å². The van der Waals surface area contributed by atoms with Crippen LogP contribution >= 0.6 is 7.80 Å². The maximum Gasteiger partial charge on any atom is 0.204 e. The van der Waals surface area contributed by atoms with Gasteiger partial charge in [-0.2, -0.15) is 0 Å². The van der Waals surface area contributed by atoms with Gasteiger partial charge in [-0.1, -0.05) is 54.6 Å². The molecule has 1 atom stereocenters.